The highest BCUT2D eigenvalue weighted by Crippen LogP contribution is 1.75. The average molecular weight is 172 g/mol. The molecule has 0 unspecified atom stereocenters. The van der Waals surface area contributed by atoms with Crippen LogP contribution >= 0.6 is 0 Å². The summed E-state index contributed by atoms with van der Waals surface area (Å²) in [6, 6.07) is 0.403. The van der Waals surface area contributed by atoms with Crippen molar-refractivity contribution in [3.63, 3.8) is 0 Å². The van der Waals surface area contributed by atoms with E-state index >= 15 is 0 Å². The van der Waals surface area contributed by atoms with Gasteiger partial charge in [-0.2, -0.15) is 0 Å². The maximum absolute atomic E-state index is 9.91. The number of hydrogen-bond acceptors (Lipinski definition) is 3. The number of amidine groups is 1. The number of nitrogens with one attached hydrogen (secondary N) is 3. The van der Waals surface area contributed by atoms with Crippen LogP contribution in [0.5, 0.6) is 0 Å². The summed E-state index contributed by atoms with van der Waals surface area (Å²) < 4.78 is 0. The van der Waals surface area contributed by atoms with E-state index in [9.17, 15) is 4.79 Å². The van der Waals surface area contributed by atoms with Gasteiger partial charge in [0.15, 0.2) is 0 Å². The van der Waals surface area contributed by atoms with Crippen LogP contribution in [0, 0.1) is 0 Å². The Labute approximate surface area is 72.6 Å². The van der Waals surface area contributed by atoms with Crippen LogP contribution in [0.15, 0.2) is 4.99 Å². The first-order chi connectivity index (χ1) is 5.70. The van der Waals surface area contributed by atoms with Gasteiger partial charge in [0.25, 0.3) is 0 Å². The molecule has 12 heavy (non-hydrogen) atoms. The number of carbonyl (C=O) groups excluding carboxylic acids is 1. The second-order valence-electron chi connectivity index (χ2n) is 2.59. The molecule has 0 rings (SSSR count). The predicted molar refractivity (Wildman–Crippen MR) is 48.8 cm³/mol. The molecule has 0 fully saturated rings. The minimum atomic E-state index is 0.403. The Morgan fingerprint density at radius 1 is 1.58 bits per heavy atom. The zero-order chi connectivity index (χ0) is 9.40. The molecule has 0 atom stereocenters. The Morgan fingerprint density at radius 3 is 2.67 bits per heavy atom. The summed E-state index contributed by atoms with van der Waals surface area (Å²) in [6.45, 7) is 4.70. The van der Waals surface area contributed by atoms with E-state index in [0.717, 1.165) is 0 Å². The Hall–Kier alpha value is -1.10. The number of hydrogen-bond donors (Lipinski definition) is 3. The van der Waals surface area contributed by atoms with Gasteiger partial charge in [-0.1, -0.05) is 13.8 Å². The van der Waals surface area contributed by atoms with Gasteiger partial charge in [-0.05, 0) is 0 Å². The largest absolute Gasteiger partial charge is 0.308 e. The molecular formula is C7H16N4O. The molecule has 5 heteroatoms. The van der Waals surface area contributed by atoms with E-state index in [-0.39, 0.29) is 0 Å². The van der Waals surface area contributed by atoms with Gasteiger partial charge in [-0.3, -0.25) is 20.6 Å². The summed E-state index contributed by atoms with van der Waals surface area (Å²) in [6.07, 6.45) is 0.570. The van der Waals surface area contributed by atoms with Crippen molar-refractivity contribution < 1.29 is 4.79 Å². The first-order valence-electron chi connectivity index (χ1n) is 3.85. The molecule has 70 valence electrons. The van der Waals surface area contributed by atoms with Crippen molar-refractivity contribution in [3.8, 4) is 0 Å². The molecule has 0 spiro atoms. The molecule has 0 aromatic carbocycles. The topological polar surface area (TPSA) is 65.5 Å². The van der Waals surface area contributed by atoms with E-state index < -0.39 is 0 Å². The fourth-order valence-corrected chi connectivity index (χ4v) is 0.593. The highest BCUT2D eigenvalue weighted by atomic mass is 16.1. The molecule has 0 aliphatic heterocycles. The van der Waals surface area contributed by atoms with Crippen LogP contribution in [0.1, 0.15) is 13.8 Å². The van der Waals surface area contributed by atoms with Gasteiger partial charge < -0.3 is 5.32 Å². The molecule has 0 heterocycles. The summed E-state index contributed by atoms with van der Waals surface area (Å²) in [5.41, 5.74) is 4.97. The number of nitrogens with zero attached hydrogens (tertiary/aromatic N) is 1. The first kappa shape index (κ1) is 10.9. The molecule has 3 N–H and O–H groups in total. The lowest BCUT2D eigenvalue weighted by Crippen LogP contribution is -2.43. The second-order valence-corrected chi connectivity index (χ2v) is 2.59. The normalized spacial score (nSPS) is 11.5. The van der Waals surface area contributed by atoms with E-state index in [1.54, 1.807) is 7.05 Å². The predicted octanol–water partition coefficient (Wildman–Crippen LogP) is -0.737. The van der Waals surface area contributed by atoms with Gasteiger partial charge in [0.2, 0.25) is 6.41 Å². The lowest BCUT2D eigenvalue weighted by molar-refractivity contribution is -0.110. The van der Waals surface area contributed by atoms with Crippen molar-refractivity contribution in [1.82, 2.24) is 16.2 Å². The maximum Gasteiger partial charge on any atom is 0.225 e. The quantitative estimate of drug-likeness (QED) is 0.221. The third kappa shape index (κ3) is 5.67. The number of carbonyl (C=O) groups is 1. The van der Waals surface area contributed by atoms with Crippen molar-refractivity contribution in [3.05, 3.63) is 0 Å². The van der Waals surface area contributed by atoms with Crippen LogP contribution in [0.4, 0.5) is 0 Å². The van der Waals surface area contributed by atoms with E-state index in [0.29, 0.717) is 24.8 Å². The SMILES string of the molecule is CN=C(CNC(C)C)NNC=O. The average Bonchev–Trinajstić information content (AvgIpc) is 2.05. The van der Waals surface area contributed by atoms with Crippen LogP contribution in [-0.2, 0) is 4.79 Å². The lowest BCUT2D eigenvalue weighted by Gasteiger charge is -2.10. The van der Waals surface area contributed by atoms with Gasteiger partial charge in [0.1, 0.15) is 5.84 Å². The standard InChI is InChI=1S/C7H16N4O/c1-6(2)9-4-7(8-3)11-10-5-12/h5-6,9H,4H2,1-3H3,(H,8,11)(H,10,12). The molecule has 0 aliphatic carbocycles. The van der Waals surface area contributed by atoms with Crippen molar-refractivity contribution in [2.75, 3.05) is 13.6 Å². The summed E-state index contributed by atoms with van der Waals surface area (Å²) in [7, 11) is 1.66. The molecular weight excluding hydrogens is 156 g/mol. The smallest absolute Gasteiger partial charge is 0.225 e. The van der Waals surface area contributed by atoms with E-state index in [1.807, 2.05) is 13.8 Å². The lowest BCUT2D eigenvalue weighted by atomic mass is 10.4. The maximum atomic E-state index is 9.91. The first-order valence-corrected chi connectivity index (χ1v) is 3.85. The van der Waals surface area contributed by atoms with Gasteiger partial charge >= 0.3 is 0 Å². The number of aliphatic imine (C=N–C) groups is 1. The van der Waals surface area contributed by atoms with Crippen LogP contribution < -0.4 is 16.2 Å². The minimum absolute atomic E-state index is 0.403. The Kier molecular flexibility index (Phi) is 6.00. The zero-order valence-electron chi connectivity index (χ0n) is 7.72. The highest BCUT2D eigenvalue weighted by Gasteiger charge is 1.97. The number of hydrazine groups is 1. The monoisotopic (exact) mass is 172 g/mol. The molecule has 0 aromatic heterocycles. The Balaban J connectivity index is 3.61. The molecule has 0 saturated carbocycles. The third-order valence-electron chi connectivity index (χ3n) is 1.22. The van der Waals surface area contributed by atoms with Crippen LogP contribution in [0.25, 0.3) is 0 Å². The molecule has 0 aliphatic rings. The van der Waals surface area contributed by atoms with Crippen LogP contribution in [0.2, 0.25) is 0 Å². The highest BCUT2D eigenvalue weighted by molar-refractivity contribution is 5.84. The van der Waals surface area contributed by atoms with Crippen LogP contribution in [-0.4, -0.2) is 31.9 Å². The number of rotatable bonds is 5. The summed E-state index contributed by atoms with van der Waals surface area (Å²) in [5.74, 6) is 0.704. The molecule has 5 nitrogen and oxygen atoms in total. The third-order valence-corrected chi connectivity index (χ3v) is 1.22. The van der Waals surface area contributed by atoms with E-state index in [4.69, 9.17) is 0 Å². The molecule has 0 saturated heterocycles. The second kappa shape index (κ2) is 6.60. The van der Waals surface area contributed by atoms with Gasteiger partial charge in [0.05, 0.1) is 6.54 Å². The summed E-state index contributed by atoms with van der Waals surface area (Å²) in [4.78, 5) is 13.8. The molecule has 1 amide bonds. The van der Waals surface area contributed by atoms with Gasteiger partial charge in [-0.15, -0.1) is 0 Å². The number of amides is 1. The Morgan fingerprint density at radius 2 is 2.25 bits per heavy atom. The van der Waals surface area contributed by atoms with Crippen LogP contribution in [0.3, 0.4) is 0 Å². The fraction of sp³-hybridized carbons (Fsp3) is 0.714. The van der Waals surface area contributed by atoms with Crippen molar-refractivity contribution >= 4 is 12.2 Å². The van der Waals surface area contributed by atoms with Crippen molar-refractivity contribution in [1.29, 1.82) is 0 Å². The van der Waals surface area contributed by atoms with Crippen molar-refractivity contribution in [2.45, 2.75) is 19.9 Å². The van der Waals surface area contributed by atoms with E-state index in [2.05, 4.69) is 21.2 Å². The fourth-order valence-electron chi connectivity index (χ4n) is 0.593. The van der Waals surface area contributed by atoms with Crippen molar-refractivity contribution in [2.24, 2.45) is 4.99 Å². The minimum Gasteiger partial charge on any atom is -0.308 e. The Bertz CT molecular complexity index is 155. The van der Waals surface area contributed by atoms with Gasteiger partial charge in [-0.25, -0.2) is 0 Å². The van der Waals surface area contributed by atoms with E-state index in [1.165, 1.54) is 0 Å². The zero-order valence-corrected chi connectivity index (χ0v) is 7.72. The summed E-state index contributed by atoms with van der Waals surface area (Å²) in [5, 5.41) is 3.16. The summed E-state index contributed by atoms with van der Waals surface area (Å²) >= 11 is 0. The molecule has 0 bridgehead atoms. The van der Waals surface area contributed by atoms with Gasteiger partial charge in [0, 0.05) is 13.1 Å². The molecule has 0 radical (unpaired) electrons. The molecule has 0 aromatic rings.